The second-order valence-corrected chi connectivity index (χ2v) is 5.99. The maximum absolute atomic E-state index is 12.3. The summed E-state index contributed by atoms with van der Waals surface area (Å²) in [5.41, 5.74) is 2.68. The number of rotatable bonds is 7. The van der Waals surface area contributed by atoms with Gasteiger partial charge in [0.05, 0.1) is 0 Å². The molecule has 2 aromatic rings. The number of furan rings is 1. The fraction of sp³-hybridized carbons (Fsp3) is 0.263. The van der Waals surface area contributed by atoms with Crippen molar-refractivity contribution < 1.29 is 18.7 Å². The molecular formula is C19H19BrO4. The van der Waals surface area contributed by atoms with Crippen LogP contribution in [0.2, 0.25) is 0 Å². The maximum Gasteiger partial charge on any atom is 0.331 e. The third-order valence-corrected chi connectivity index (χ3v) is 4.01. The first-order valence-corrected chi connectivity index (χ1v) is 8.58. The molecule has 0 saturated heterocycles. The van der Waals surface area contributed by atoms with E-state index < -0.39 is 5.97 Å². The number of Topliss-reactive ketones (excluding diaryl/α,β-unsaturated/α-hetero) is 1. The second kappa shape index (κ2) is 8.64. The van der Waals surface area contributed by atoms with Crippen molar-refractivity contribution in [3.8, 4) is 0 Å². The van der Waals surface area contributed by atoms with Gasteiger partial charge in [-0.1, -0.05) is 26.0 Å². The zero-order chi connectivity index (χ0) is 17.5. The highest BCUT2D eigenvalue weighted by atomic mass is 79.9. The Hall–Kier alpha value is -2.14. The Balaban J connectivity index is 1.97. The van der Waals surface area contributed by atoms with Crippen molar-refractivity contribution in [3.05, 3.63) is 63.5 Å². The molecule has 1 aromatic carbocycles. The monoisotopic (exact) mass is 390 g/mol. The zero-order valence-electron chi connectivity index (χ0n) is 13.7. The quantitative estimate of drug-likeness (QED) is 0.393. The number of hydrogen-bond donors (Lipinski definition) is 0. The van der Waals surface area contributed by atoms with Gasteiger partial charge in [-0.15, -0.1) is 0 Å². The highest BCUT2D eigenvalue weighted by molar-refractivity contribution is 9.10. The largest absolute Gasteiger partial charge is 0.454 e. The Bertz CT molecular complexity index is 758. The minimum atomic E-state index is -0.583. The predicted octanol–water partition coefficient (Wildman–Crippen LogP) is 4.61. The van der Waals surface area contributed by atoms with Crippen LogP contribution in [-0.4, -0.2) is 18.4 Å². The summed E-state index contributed by atoms with van der Waals surface area (Å²) in [5.74, 6) is -0.251. The van der Waals surface area contributed by atoms with Crippen molar-refractivity contribution in [1.82, 2.24) is 0 Å². The van der Waals surface area contributed by atoms with Gasteiger partial charge < -0.3 is 9.15 Å². The summed E-state index contributed by atoms with van der Waals surface area (Å²) in [6.45, 7) is 3.76. The first-order chi connectivity index (χ1) is 11.5. The molecule has 5 heteroatoms. The molecule has 2 rings (SSSR count). The first-order valence-electron chi connectivity index (χ1n) is 7.78. The molecule has 0 radical (unpaired) electrons. The lowest BCUT2D eigenvalue weighted by Crippen LogP contribution is -2.14. The van der Waals surface area contributed by atoms with Crippen LogP contribution in [0.3, 0.4) is 0 Å². The number of ether oxygens (including phenoxy) is 1. The van der Waals surface area contributed by atoms with Gasteiger partial charge in [0.2, 0.25) is 5.78 Å². The summed E-state index contributed by atoms with van der Waals surface area (Å²) in [4.78, 5) is 24.1. The molecule has 126 valence electrons. The minimum absolute atomic E-state index is 0.190. The molecule has 0 fully saturated rings. The van der Waals surface area contributed by atoms with Crippen molar-refractivity contribution in [1.29, 1.82) is 0 Å². The zero-order valence-corrected chi connectivity index (χ0v) is 15.3. The SMILES string of the molecule is CCc1ccc(CC)c(C(=O)COC(=O)/C=C/c2ccc(Br)o2)c1. The molecule has 0 N–H and O–H groups in total. The maximum atomic E-state index is 12.3. The molecular weight excluding hydrogens is 372 g/mol. The van der Waals surface area contributed by atoms with E-state index in [4.69, 9.17) is 9.15 Å². The highest BCUT2D eigenvalue weighted by Crippen LogP contribution is 2.16. The average Bonchev–Trinajstić information content (AvgIpc) is 3.02. The molecule has 0 aliphatic heterocycles. The molecule has 0 saturated carbocycles. The van der Waals surface area contributed by atoms with Gasteiger partial charge >= 0.3 is 5.97 Å². The van der Waals surface area contributed by atoms with Gasteiger partial charge in [0.25, 0.3) is 0 Å². The van der Waals surface area contributed by atoms with E-state index in [2.05, 4.69) is 15.9 Å². The number of esters is 1. The standard InChI is InChI=1S/C19H19BrO4/c1-3-13-5-6-14(4-2)16(11-13)17(21)12-23-19(22)10-8-15-7-9-18(20)24-15/h5-11H,3-4,12H2,1-2H3/b10-8+. The van der Waals surface area contributed by atoms with E-state index in [1.54, 1.807) is 12.1 Å². The van der Waals surface area contributed by atoms with E-state index in [0.717, 1.165) is 24.0 Å². The second-order valence-electron chi connectivity index (χ2n) is 5.20. The molecule has 24 heavy (non-hydrogen) atoms. The summed E-state index contributed by atoms with van der Waals surface area (Å²) in [5, 5.41) is 0. The predicted molar refractivity (Wildman–Crippen MR) is 95.9 cm³/mol. The molecule has 0 amide bonds. The molecule has 0 aliphatic carbocycles. The van der Waals surface area contributed by atoms with Gasteiger partial charge in [0.15, 0.2) is 11.3 Å². The number of carbonyl (C=O) groups excluding carboxylic acids is 2. The van der Waals surface area contributed by atoms with Crippen molar-refractivity contribution in [2.24, 2.45) is 0 Å². The third kappa shape index (κ3) is 4.93. The number of ketones is 1. The Morgan fingerprint density at radius 2 is 1.96 bits per heavy atom. The molecule has 1 heterocycles. The summed E-state index contributed by atoms with van der Waals surface area (Å²) in [6, 6.07) is 9.30. The van der Waals surface area contributed by atoms with E-state index in [1.165, 1.54) is 12.2 Å². The number of carbonyl (C=O) groups is 2. The van der Waals surface area contributed by atoms with E-state index in [1.807, 2.05) is 32.0 Å². The van der Waals surface area contributed by atoms with Crippen LogP contribution >= 0.6 is 15.9 Å². The van der Waals surface area contributed by atoms with Crippen LogP contribution in [0, 0.1) is 0 Å². The third-order valence-electron chi connectivity index (χ3n) is 3.59. The van der Waals surface area contributed by atoms with Crippen LogP contribution in [-0.2, 0) is 22.4 Å². The van der Waals surface area contributed by atoms with Crippen LogP contribution in [0.1, 0.15) is 41.1 Å². The highest BCUT2D eigenvalue weighted by Gasteiger charge is 2.13. The fourth-order valence-corrected chi connectivity index (χ4v) is 2.56. The lowest BCUT2D eigenvalue weighted by atomic mass is 9.98. The molecule has 4 nitrogen and oxygen atoms in total. The minimum Gasteiger partial charge on any atom is -0.454 e. The number of benzene rings is 1. The Morgan fingerprint density at radius 3 is 2.58 bits per heavy atom. The first kappa shape index (κ1) is 18.2. The summed E-state index contributed by atoms with van der Waals surface area (Å²) in [6.07, 6.45) is 4.34. The molecule has 0 spiro atoms. The molecule has 0 aliphatic rings. The van der Waals surface area contributed by atoms with Gasteiger partial charge in [-0.05, 0) is 64.2 Å². The van der Waals surface area contributed by atoms with Crippen LogP contribution in [0.5, 0.6) is 0 Å². The Labute approximate surface area is 149 Å². The van der Waals surface area contributed by atoms with E-state index in [0.29, 0.717) is 16.0 Å². The van der Waals surface area contributed by atoms with Gasteiger partial charge in [0, 0.05) is 11.6 Å². The topological polar surface area (TPSA) is 56.5 Å². The fourth-order valence-electron chi connectivity index (χ4n) is 2.24. The Kier molecular flexibility index (Phi) is 6.55. The number of halogens is 1. The van der Waals surface area contributed by atoms with Crippen molar-refractivity contribution in [2.45, 2.75) is 26.7 Å². The van der Waals surface area contributed by atoms with Crippen molar-refractivity contribution >= 4 is 33.8 Å². The molecule has 0 atom stereocenters. The van der Waals surface area contributed by atoms with Gasteiger partial charge in [-0.25, -0.2) is 4.79 Å². The molecule has 0 bridgehead atoms. The van der Waals surface area contributed by atoms with Crippen LogP contribution in [0.15, 0.2) is 45.5 Å². The Morgan fingerprint density at radius 1 is 1.17 bits per heavy atom. The van der Waals surface area contributed by atoms with Gasteiger partial charge in [-0.2, -0.15) is 0 Å². The van der Waals surface area contributed by atoms with E-state index in [9.17, 15) is 9.59 Å². The number of aryl methyl sites for hydroxylation is 2. The smallest absolute Gasteiger partial charge is 0.331 e. The van der Waals surface area contributed by atoms with Crippen LogP contribution in [0.4, 0.5) is 0 Å². The molecule has 0 unspecified atom stereocenters. The lowest BCUT2D eigenvalue weighted by Gasteiger charge is -2.09. The lowest BCUT2D eigenvalue weighted by molar-refractivity contribution is -0.136. The normalized spacial score (nSPS) is 11.0. The number of hydrogen-bond acceptors (Lipinski definition) is 4. The van der Waals surface area contributed by atoms with E-state index in [-0.39, 0.29) is 12.4 Å². The van der Waals surface area contributed by atoms with Crippen LogP contribution in [0.25, 0.3) is 6.08 Å². The summed E-state index contributed by atoms with van der Waals surface area (Å²) >= 11 is 3.18. The van der Waals surface area contributed by atoms with Gasteiger partial charge in [-0.3, -0.25) is 4.79 Å². The van der Waals surface area contributed by atoms with Crippen molar-refractivity contribution in [2.75, 3.05) is 6.61 Å². The summed E-state index contributed by atoms with van der Waals surface area (Å²) in [7, 11) is 0. The summed E-state index contributed by atoms with van der Waals surface area (Å²) < 4.78 is 10.8. The molecule has 1 aromatic heterocycles. The van der Waals surface area contributed by atoms with Crippen LogP contribution < -0.4 is 0 Å². The van der Waals surface area contributed by atoms with E-state index >= 15 is 0 Å². The van der Waals surface area contributed by atoms with Gasteiger partial charge in [0.1, 0.15) is 5.76 Å². The average molecular weight is 391 g/mol. The van der Waals surface area contributed by atoms with Crippen molar-refractivity contribution in [3.63, 3.8) is 0 Å².